The van der Waals surface area contributed by atoms with Crippen LogP contribution < -0.4 is 16.6 Å². The molecule has 0 saturated heterocycles. The number of pyridine rings is 2. The molecule has 0 radical (unpaired) electrons. The maximum absolute atomic E-state index is 12.0. The number of carbonyl (C=O) groups is 1. The molecule has 0 unspecified atom stereocenters. The van der Waals surface area contributed by atoms with Crippen molar-refractivity contribution in [2.45, 2.75) is 0 Å². The SMILES string of the molecule is NNc1cc(C(=O)Nc2ncccc2Cl)cc(Cl)n1. The molecule has 2 rings (SSSR count). The predicted molar refractivity (Wildman–Crippen MR) is 74.3 cm³/mol. The third kappa shape index (κ3) is 3.31. The van der Waals surface area contributed by atoms with Gasteiger partial charge in [0.15, 0.2) is 5.82 Å². The number of nitrogens with two attached hydrogens (primary N) is 1. The highest BCUT2D eigenvalue weighted by Gasteiger charge is 2.11. The number of hydrazine groups is 1. The maximum Gasteiger partial charge on any atom is 0.257 e. The Balaban J connectivity index is 2.25. The first-order chi connectivity index (χ1) is 9.10. The van der Waals surface area contributed by atoms with Gasteiger partial charge in [0.1, 0.15) is 11.0 Å². The maximum atomic E-state index is 12.0. The fraction of sp³-hybridized carbons (Fsp3) is 0. The average molecular weight is 298 g/mol. The standard InChI is InChI=1S/C11H9Cl2N5O/c12-7-2-1-3-15-10(7)17-11(19)6-4-8(13)16-9(5-6)18-14/h1-5H,14H2,(H,16,18)(H,15,17,19). The normalized spacial score (nSPS) is 10.1. The molecule has 0 aromatic carbocycles. The second-order valence-electron chi connectivity index (χ2n) is 3.50. The lowest BCUT2D eigenvalue weighted by molar-refractivity contribution is 0.102. The Morgan fingerprint density at radius 3 is 2.79 bits per heavy atom. The van der Waals surface area contributed by atoms with Crippen molar-refractivity contribution >= 4 is 40.7 Å². The molecule has 19 heavy (non-hydrogen) atoms. The van der Waals surface area contributed by atoms with Gasteiger partial charge in [0.25, 0.3) is 5.91 Å². The minimum Gasteiger partial charge on any atom is -0.308 e. The van der Waals surface area contributed by atoms with Gasteiger partial charge < -0.3 is 10.7 Å². The van der Waals surface area contributed by atoms with Gasteiger partial charge >= 0.3 is 0 Å². The molecular weight excluding hydrogens is 289 g/mol. The molecule has 0 saturated carbocycles. The lowest BCUT2D eigenvalue weighted by atomic mass is 10.2. The van der Waals surface area contributed by atoms with Gasteiger partial charge in [-0.1, -0.05) is 23.2 Å². The number of aromatic nitrogens is 2. The summed E-state index contributed by atoms with van der Waals surface area (Å²) in [5.41, 5.74) is 2.61. The molecule has 0 fully saturated rings. The Bertz CT molecular complexity index is 620. The number of nitrogens with one attached hydrogen (secondary N) is 2. The molecule has 0 aliphatic carbocycles. The lowest BCUT2D eigenvalue weighted by Gasteiger charge is -2.07. The zero-order valence-corrected chi connectivity index (χ0v) is 11.0. The molecule has 0 spiro atoms. The minimum absolute atomic E-state index is 0.146. The number of amides is 1. The van der Waals surface area contributed by atoms with Crippen molar-refractivity contribution in [3.63, 3.8) is 0 Å². The predicted octanol–water partition coefficient (Wildman–Crippen LogP) is 2.32. The molecular formula is C11H9Cl2N5O. The van der Waals surface area contributed by atoms with Crippen molar-refractivity contribution in [1.82, 2.24) is 9.97 Å². The average Bonchev–Trinajstić information content (AvgIpc) is 2.40. The highest BCUT2D eigenvalue weighted by atomic mass is 35.5. The topological polar surface area (TPSA) is 92.9 Å². The van der Waals surface area contributed by atoms with Crippen LogP contribution in [-0.4, -0.2) is 15.9 Å². The van der Waals surface area contributed by atoms with Gasteiger partial charge in [0.05, 0.1) is 5.02 Å². The number of halogens is 2. The van der Waals surface area contributed by atoms with E-state index in [2.05, 4.69) is 20.7 Å². The van der Waals surface area contributed by atoms with Gasteiger partial charge in [-0.05, 0) is 24.3 Å². The third-order valence-electron chi connectivity index (χ3n) is 2.19. The Morgan fingerprint density at radius 1 is 1.32 bits per heavy atom. The number of hydrogen-bond acceptors (Lipinski definition) is 5. The van der Waals surface area contributed by atoms with E-state index in [1.54, 1.807) is 12.1 Å². The largest absolute Gasteiger partial charge is 0.308 e. The van der Waals surface area contributed by atoms with E-state index in [0.717, 1.165) is 0 Å². The van der Waals surface area contributed by atoms with E-state index in [4.69, 9.17) is 29.0 Å². The summed E-state index contributed by atoms with van der Waals surface area (Å²) in [6.07, 6.45) is 1.52. The van der Waals surface area contributed by atoms with E-state index in [-0.39, 0.29) is 22.4 Å². The molecule has 4 N–H and O–H groups in total. The van der Waals surface area contributed by atoms with Gasteiger partial charge in [-0.3, -0.25) is 4.79 Å². The van der Waals surface area contributed by atoms with Crippen LogP contribution in [0.1, 0.15) is 10.4 Å². The fourth-order valence-corrected chi connectivity index (χ4v) is 1.74. The van der Waals surface area contributed by atoms with Crippen molar-refractivity contribution in [2.24, 2.45) is 5.84 Å². The van der Waals surface area contributed by atoms with E-state index >= 15 is 0 Å². The van der Waals surface area contributed by atoms with E-state index in [1.807, 2.05) is 0 Å². The summed E-state index contributed by atoms with van der Waals surface area (Å²) in [7, 11) is 0. The first-order valence-corrected chi connectivity index (χ1v) is 5.92. The van der Waals surface area contributed by atoms with Crippen LogP contribution in [0.2, 0.25) is 10.2 Å². The smallest absolute Gasteiger partial charge is 0.257 e. The summed E-state index contributed by atoms with van der Waals surface area (Å²) in [5, 5.41) is 3.05. The summed E-state index contributed by atoms with van der Waals surface area (Å²) < 4.78 is 0. The minimum atomic E-state index is -0.415. The fourth-order valence-electron chi connectivity index (χ4n) is 1.36. The number of anilines is 2. The van der Waals surface area contributed by atoms with Crippen LogP contribution in [0, 0.1) is 0 Å². The lowest BCUT2D eigenvalue weighted by Crippen LogP contribution is -2.15. The molecule has 6 nitrogen and oxygen atoms in total. The van der Waals surface area contributed by atoms with E-state index in [0.29, 0.717) is 5.02 Å². The van der Waals surface area contributed by atoms with Gasteiger partial charge in [0.2, 0.25) is 0 Å². The van der Waals surface area contributed by atoms with Crippen LogP contribution in [0.15, 0.2) is 30.5 Å². The van der Waals surface area contributed by atoms with Crippen molar-refractivity contribution in [2.75, 3.05) is 10.7 Å². The van der Waals surface area contributed by atoms with Crippen LogP contribution >= 0.6 is 23.2 Å². The Morgan fingerprint density at radius 2 is 2.11 bits per heavy atom. The van der Waals surface area contributed by atoms with Crippen LogP contribution in [0.25, 0.3) is 0 Å². The summed E-state index contributed by atoms with van der Waals surface area (Å²) in [5.74, 6) is 5.36. The molecule has 0 atom stereocenters. The Hall–Kier alpha value is -1.89. The van der Waals surface area contributed by atoms with Gasteiger partial charge in [-0.2, -0.15) is 0 Å². The molecule has 2 aromatic rings. The van der Waals surface area contributed by atoms with Crippen molar-refractivity contribution in [1.29, 1.82) is 0 Å². The van der Waals surface area contributed by atoms with E-state index in [1.165, 1.54) is 18.3 Å². The highest BCUT2D eigenvalue weighted by Crippen LogP contribution is 2.19. The van der Waals surface area contributed by atoms with E-state index < -0.39 is 5.91 Å². The van der Waals surface area contributed by atoms with Gasteiger partial charge in [0, 0.05) is 11.8 Å². The molecule has 8 heteroatoms. The molecule has 0 aliphatic rings. The number of rotatable bonds is 3. The molecule has 2 aromatic heterocycles. The zero-order valence-electron chi connectivity index (χ0n) is 9.52. The van der Waals surface area contributed by atoms with Crippen molar-refractivity contribution in [3.05, 3.63) is 46.2 Å². The molecule has 0 aliphatic heterocycles. The summed E-state index contributed by atoms with van der Waals surface area (Å²) in [6.45, 7) is 0. The third-order valence-corrected chi connectivity index (χ3v) is 2.69. The second-order valence-corrected chi connectivity index (χ2v) is 4.29. The number of carbonyl (C=O) groups excluding carboxylic acids is 1. The zero-order chi connectivity index (χ0) is 13.8. The Labute approximate surface area is 118 Å². The first kappa shape index (κ1) is 13.5. The summed E-state index contributed by atoms with van der Waals surface area (Å²) in [6, 6.07) is 6.15. The van der Waals surface area contributed by atoms with Gasteiger partial charge in [-0.15, -0.1) is 0 Å². The first-order valence-electron chi connectivity index (χ1n) is 5.16. The van der Waals surface area contributed by atoms with Gasteiger partial charge in [-0.25, -0.2) is 15.8 Å². The molecule has 0 bridgehead atoms. The second kappa shape index (κ2) is 5.83. The van der Waals surface area contributed by atoms with Crippen LogP contribution in [0.3, 0.4) is 0 Å². The van der Waals surface area contributed by atoms with Crippen LogP contribution in [0.4, 0.5) is 11.6 Å². The van der Waals surface area contributed by atoms with Crippen molar-refractivity contribution < 1.29 is 4.79 Å². The van der Waals surface area contributed by atoms with Crippen molar-refractivity contribution in [3.8, 4) is 0 Å². The summed E-state index contributed by atoms with van der Waals surface area (Å²) >= 11 is 11.7. The molecule has 1 amide bonds. The summed E-state index contributed by atoms with van der Waals surface area (Å²) in [4.78, 5) is 19.8. The number of nitrogen functional groups attached to an aromatic ring is 1. The molecule has 2 heterocycles. The van der Waals surface area contributed by atoms with Crippen LogP contribution in [0.5, 0.6) is 0 Å². The Kier molecular flexibility index (Phi) is 4.16. The number of nitrogens with zero attached hydrogens (tertiary/aromatic N) is 2. The highest BCUT2D eigenvalue weighted by molar-refractivity contribution is 6.33. The van der Waals surface area contributed by atoms with E-state index in [9.17, 15) is 4.79 Å². The number of hydrogen-bond donors (Lipinski definition) is 3. The monoisotopic (exact) mass is 297 g/mol. The quantitative estimate of drug-likeness (QED) is 0.459. The molecule has 98 valence electrons. The van der Waals surface area contributed by atoms with Crippen LogP contribution in [-0.2, 0) is 0 Å².